The van der Waals surface area contributed by atoms with Gasteiger partial charge in [0.05, 0.1) is 5.39 Å². The van der Waals surface area contributed by atoms with Gasteiger partial charge in [-0.15, -0.1) is 11.3 Å². The first kappa shape index (κ1) is 22.3. The minimum atomic E-state index is -0.521. The van der Waals surface area contributed by atoms with E-state index in [1.165, 1.54) is 28.6 Å². The van der Waals surface area contributed by atoms with Crippen LogP contribution in [0.3, 0.4) is 0 Å². The standard InChI is InChI=1S/C28H25N3O2S2/c1-2-31-27(33)23-19-13-7-9-15-22(19)34-26(23)30-28(31)35-25(17-10-4-3-5-11-17)24(32)20-16-29-21-14-8-6-12-18(20)21/h3-6,8,10-12,14,16,25,29H,2,7,9,13,15H2,1H3. The summed E-state index contributed by atoms with van der Waals surface area (Å²) in [7, 11) is 0. The molecule has 3 heterocycles. The molecule has 0 amide bonds. The van der Waals surface area contributed by atoms with E-state index in [2.05, 4.69) is 4.98 Å². The minimum Gasteiger partial charge on any atom is -0.360 e. The Morgan fingerprint density at radius 2 is 1.89 bits per heavy atom. The first-order chi connectivity index (χ1) is 17.2. The SMILES string of the molecule is CCn1c(SC(C(=O)c2c[nH]c3ccccc23)c2ccccc2)nc2sc3c(c2c1=O)CCCC3. The highest BCUT2D eigenvalue weighted by atomic mass is 32.2. The fraction of sp³-hybridized carbons (Fsp3) is 0.250. The number of Topliss-reactive ketones (excluding diaryl/α,β-unsaturated/α-hetero) is 1. The Kier molecular flexibility index (Phi) is 5.82. The molecule has 0 radical (unpaired) electrons. The number of nitrogens with zero attached hydrogens (tertiary/aromatic N) is 2. The third-order valence-electron chi connectivity index (χ3n) is 6.77. The van der Waals surface area contributed by atoms with Crippen molar-refractivity contribution in [3.05, 3.63) is 92.7 Å². The molecular weight excluding hydrogens is 474 g/mol. The van der Waals surface area contributed by atoms with Crippen LogP contribution in [-0.4, -0.2) is 20.3 Å². The van der Waals surface area contributed by atoms with Crippen LogP contribution in [-0.2, 0) is 19.4 Å². The van der Waals surface area contributed by atoms with Crippen molar-refractivity contribution in [2.75, 3.05) is 0 Å². The number of H-pyrrole nitrogens is 1. The topological polar surface area (TPSA) is 67.8 Å². The van der Waals surface area contributed by atoms with E-state index in [4.69, 9.17) is 4.98 Å². The maximum atomic E-state index is 14.0. The summed E-state index contributed by atoms with van der Waals surface area (Å²) in [5.74, 6) is 0.00104. The van der Waals surface area contributed by atoms with Crippen molar-refractivity contribution in [3.63, 3.8) is 0 Å². The smallest absolute Gasteiger partial charge is 0.263 e. The molecule has 1 aliphatic carbocycles. The number of carbonyl (C=O) groups is 1. The van der Waals surface area contributed by atoms with Crippen LogP contribution in [0.15, 0.2) is 70.7 Å². The number of thiophene rings is 1. The molecule has 5 aromatic rings. The average Bonchev–Trinajstić information content (AvgIpc) is 3.49. The highest BCUT2D eigenvalue weighted by Gasteiger charge is 2.29. The Bertz CT molecular complexity index is 1610. The van der Waals surface area contributed by atoms with Crippen LogP contribution >= 0.6 is 23.1 Å². The number of carbonyl (C=O) groups excluding carboxylic acids is 1. The number of hydrogen-bond acceptors (Lipinski definition) is 5. The minimum absolute atomic E-state index is 0.00104. The van der Waals surface area contributed by atoms with Gasteiger partial charge in [0.25, 0.3) is 5.56 Å². The first-order valence-electron chi connectivity index (χ1n) is 12.0. The maximum Gasteiger partial charge on any atom is 0.263 e. The number of hydrogen-bond donors (Lipinski definition) is 1. The van der Waals surface area contributed by atoms with Gasteiger partial charge in [0.15, 0.2) is 10.9 Å². The van der Waals surface area contributed by atoms with Crippen molar-refractivity contribution in [2.24, 2.45) is 0 Å². The Hall–Kier alpha value is -3.16. The summed E-state index contributed by atoms with van der Waals surface area (Å²) in [5.41, 5.74) is 3.70. The second kappa shape index (κ2) is 9.13. The quantitative estimate of drug-likeness (QED) is 0.163. The molecule has 5 nitrogen and oxygen atoms in total. The van der Waals surface area contributed by atoms with E-state index < -0.39 is 5.25 Å². The van der Waals surface area contributed by atoms with Crippen molar-refractivity contribution < 1.29 is 4.79 Å². The summed E-state index contributed by atoms with van der Waals surface area (Å²) in [4.78, 5) is 37.9. The van der Waals surface area contributed by atoms with Gasteiger partial charge >= 0.3 is 0 Å². The molecule has 35 heavy (non-hydrogen) atoms. The zero-order valence-corrected chi connectivity index (χ0v) is 21.0. The van der Waals surface area contributed by atoms with E-state index in [1.54, 1.807) is 22.1 Å². The lowest BCUT2D eigenvalue weighted by Crippen LogP contribution is -2.24. The molecule has 0 saturated carbocycles. The number of aryl methyl sites for hydroxylation is 2. The zero-order valence-electron chi connectivity index (χ0n) is 19.4. The number of aromatic amines is 1. The molecule has 0 aliphatic heterocycles. The molecule has 1 N–H and O–H groups in total. The molecule has 2 aromatic carbocycles. The van der Waals surface area contributed by atoms with Gasteiger partial charge < -0.3 is 4.98 Å². The van der Waals surface area contributed by atoms with E-state index in [9.17, 15) is 9.59 Å². The number of nitrogens with one attached hydrogen (secondary N) is 1. The van der Waals surface area contributed by atoms with Gasteiger partial charge in [-0.2, -0.15) is 0 Å². The lowest BCUT2D eigenvalue weighted by atomic mass is 9.97. The van der Waals surface area contributed by atoms with Crippen LogP contribution in [0.1, 0.15) is 51.4 Å². The monoisotopic (exact) mass is 499 g/mol. The van der Waals surface area contributed by atoms with Gasteiger partial charge in [-0.1, -0.05) is 60.3 Å². The number of aromatic nitrogens is 3. The van der Waals surface area contributed by atoms with Crippen LogP contribution in [0, 0.1) is 0 Å². The molecule has 0 fully saturated rings. The average molecular weight is 500 g/mol. The number of fused-ring (bicyclic) bond motifs is 4. The maximum absolute atomic E-state index is 14.0. The molecular formula is C28H25N3O2S2. The second-order valence-corrected chi connectivity index (χ2v) is 11.0. The largest absolute Gasteiger partial charge is 0.360 e. The highest BCUT2D eigenvalue weighted by Crippen LogP contribution is 2.40. The van der Waals surface area contributed by atoms with Crippen molar-refractivity contribution in [2.45, 2.75) is 49.6 Å². The molecule has 1 atom stereocenters. The summed E-state index contributed by atoms with van der Waals surface area (Å²) in [6.07, 6.45) is 6.05. The van der Waals surface area contributed by atoms with E-state index in [0.29, 0.717) is 17.3 Å². The van der Waals surface area contributed by atoms with E-state index in [-0.39, 0.29) is 11.3 Å². The summed E-state index contributed by atoms with van der Waals surface area (Å²) in [6, 6.07) is 17.6. The second-order valence-electron chi connectivity index (χ2n) is 8.86. The van der Waals surface area contributed by atoms with Gasteiger partial charge in [0, 0.05) is 34.1 Å². The van der Waals surface area contributed by atoms with Gasteiger partial charge in [-0.25, -0.2) is 4.98 Å². The summed E-state index contributed by atoms with van der Waals surface area (Å²) >= 11 is 3.03. The number of rotatable bonds is 6. The van der Waals surface area contributed by atoms with E-state index >= 15 is 0 Å². The van der Waals surface area contributed by atoms with Crippen LogP contribution in [0.4, 0.5) is 0 Å². The molecule has 0 saturated heterocycles. The number of ketones is 1. The lowest BCUT2D eigenvalue weighted by molar-refractivity contribution is 0.0991. The van der Waals surface area contributed by atoms with Crippen LogP contribution in [0.25, 0.3) is 21.1 Å². The molecule has 3 aromatic heterocycles. The Labute approximate surface area is 211 Å². The normalized spacial score (nSPS) is 14.3. The lowest BCUT2D eigenvalue weighted by Gasteiger charge is -2.18. The zero-order chi connectivity index (χ0) is 23.9. The highest BCUT2D eigenvalue weighted by molar-refractivity contribution is 8.00. The van der Waals surface area contributed by atoms with Gasteiger partial charge in [0.1, 0.15) is 10.1 Å². The summed E-state index contributed by atoms with van der Waals surface area (Å²) in [6.45, 7) is 2.48. The first-order valence-corrected chi connectivity index (χ1v) is 13.7. The predicted molar refractivity (Wildman–Crippen MR) is 144 cm³/mol. The van der Waals surface area contributed by atoms with Gasteiger partial charge in [-0.05, 0) is 49.8 Å². The Morgan fingerprint density at radius 3 is 2.71 bits per heavy atom. The van der Waals surface area contributed by atoms with Crippen LogP contribution < -0.4 is 5.56 Å². The fourth-order valence-corrected chi connectivity index (χ4v) is 7.54. The predicted octanol–water partition coefficient (Wildman–Crippen LogP) is 6.55. The van der Waals surface area contributed by atoms with E-state index in [1.807, 2.05) is 61.5 Å². The summed E-state index contributed by atoms with van der Waals surface area (Å²) in [5, 5.41) is 1.77. The number of para-hydroxylation sites is 1. The number of benzene rings is 2. The fourth-order valence-electron chi connectivity index (χ4n) is 5.01. The van der Waals surface area contributed by atoms with Crippen molar-refractivity contribution >= 4 is 50.0 Å². The van der Waals surface area contributed by atoms with Crippen LogP contribution in [0.2, 0.25) is 0 Å². The third kappa shape index (κ3) is 3.83. The Morgan fingerprint density at radius 1 is 1.11 bits per heavy atom. The molecule has 7 heteroatoms. The van der Waals surface area contributed by atoms with E-state index in [0.717, 1.165) is 45.9 Å². The van der Waals surface area contributed by atoms with Crippen molar-refractivity contribution in [3.8, 4) is 0 Å². The van der Waals surface area contributed by atoms with Gasteiger partial charge in [0.2, 0.25) is 0 Å². The van der Waals surface area contributed by atoms with Crippen molar-refractivity contribution in [1.29, 1.82) is 0 Å². The molecule has 176 valence electrons. The summed E-state index contributed by atoms with van der Waals surface area (Å²) < 4.78 is 1.74. The third-order valence-corrected chi connectivity index (χ3v) is 9.20. The molecule has 1 aliphatic rings. The van der Waals surface area contributed by atoms with Gasteiger partial charge in [-0.3, -0.25) is 14.2 Å². The Balaban J connectivity index is 1.48. The van der Waals surface area contributed by atoms with Crippen LogP contribution in [0.5, 0.6) is 0 Å². The molecule has 0 spiro atoms. The number of thioether (sulfide) groups is 1. The molecule has 1 unspecified atom stereocenters. The molecule has 0 bridgehead atoms. The van der Waals surface area contributed by atoms with Crippen molar-refractivity contribution in [1.82, 2.24) is 14.5 Å². The molecule has 6 rings (SSSR count).